The molecule has 0 heterocycles. The third kappa shape index (κ3) is 4.48. The zero-order valence-corrected chi connectivity index (χ0v) is 18.8. The first kappa shape index (κ1) is 20.4. The molecule has 1 radical (unpaired) electrons. The summed E-state index contributed by atoms with van der Waals surface area (Å²) in [5, 5.41) is 1.71. The van der Waals surface area contributed by atoms with Gasteiger partial charge in [-0.2, -0.15) is 0 Å². The normalized spacial score (nSPS) is 25.2. The molecule has 2 fully saturated rings. The summed E-state index contributed by atoms with van der Waals surface area (Å²) < 4.78 is 0. The van der Waals surface area contributed by atoms with E-state index < -0.39 is 0 Å². The van der Waals surface area contributed by atoms with Crippen LogP contribution in [0.2, 0.25) is 0 Å². The van der Waals surface area contributed by atoms with Gasteiger partial charge < -0.3 is 0 Å². The van der Waals surface area contributed by atoms with Gasteiger partial charge in [-0.3, -0.25) is 4.90 Å². The summed E-state index contributed by atoms with van der Waals surface area (Å²) in [6, 6.07) is 0.378. The molecule has 4 rings (SSSR count). The Balaban J connectivity index is 1.63. The van der Waals surface area contributed by atoms with E-state index in [0.717, 1.165) is 17.7 Å². The van der Waals surface area contributed by atoms with E-state index in [1.54, 1.807) is 5.31 Å². The molecule has 2 heteroatoms. The number of hydrogen-bond donors (Lipinski definition) is 0. The lowest BCUT2D eigenvalue weighted by Gasteiger charge is -2.41. The summed E-state index contributed by atoms with van der Waals surface area (Å²) in [5.74, 6) is 0. The molecule has 151 valence electrons. The lowest BCUT2D eigenvalue weighted by Crippen LogP contribution is -2.33. The van der Waals surface area contributed by atoms with Gasteiger partial charge in [-0.05, 0) is 80.6 Å². The van der Waals surface area contributed by atoms with Crippen LogP contribution >= 0.6 is 7.92 Å². The summed E-state index contributed by atoms with van der Waals surface area (Å²) in [5.41, 5.74) is 8.68. The first-order valence-electron chi connectivity index (χ1n) is 11.6. The largest absolute Gasteiger partial charge is 0.298 e. The molecule has 2 saturated carbocycles. The van der Waals surface area contributed by atoms with Gasteiger partial charge in [0.2, 0.25) is 0 Å². The molecular weight excluding hydrogens is 357 g/mol. The van der Waals surface area contributed by atoms with Gasteiger partial charge >= 0.3 is 0 Å². The minimum absolute atomic E-state index is 0.0675. The Hall–Kier alpha value is -0.870. The first-order valence-corrected chi connectivity index (χ1v) is 13.0. The Labute approximate surface area is 174 Å². The van der Waals surface area contributed by atoms with Gasteiger partial charge in [-0.25, -0.2) is 0 Å². The maximum Gasteiger partial charge on any atom is 0.0639 e. The topological polar surface area (TPSA) is 3.24 Å². The Morgan fingerprint density at radius 1 is 0.929 bits per heavy atom. The number of rotatable bonds is 6. The van der Waals surface area contributed by atoms with Crippen LogP contribution in [0.15, 0.2) is 52.6 Å². The fourth-order valence-electron chi connectivity index (χ4n) is 5.74. The van der Waals surface area contributed by atoms with E-state index >= 15 is 0 Å². The average molecular weight is 395 g/mol. The smallest absolute Gasteiger partial charge is 0.0639 e. The van der Waals surface area contributed by atoms with Crippen molar-refractivity contribution in [3.8, 4) is 0 Å². The maximum absolute atomic E-state index is 3.74. The highest BCUT2D eigenvalue weighted by atomic mass is 31.1. The Bertz CT molecular complexity index is 674. The van der Waals surface area contributed by atoms with Crippen LogP contribution in [-0.2, 0) is 0 Å². The third-order valence-corrected chi connectivity index (χ3v) is 10.6. The van der Waals surface area contributed by atoms with Gasteiger partial charge in [-0.15, -0.1) is 5.73 Å². The van der Waals surface area contributed by atoms with Crippen molar-refractivity contribution in [2.75, 3.05) is 14.1 Å². The third-order valence-electron chi connectivity index (χ3n) is 7.02. The minimum atomic E-state index is -0.0675. The van der Waals surface area contributed by atoms with E-state index in [-0.39, 0.29) is 7.92 Å². The van der Waals surface area contributed by atoms with Gasteiger partial charge in [0.05, 0.1) is 6.04 Å². The van der Waals surface area contributed by atoms with E-state index in [4.69, 9.17) is 0 Å². The summed E-state index contributed by atoms with van der Waals surface area (Å²) in [7, 11) is 4.43. The number of nitrogens with zero attached hydrogens (tertiary/aromatic N) is 1. The Morgan fingerprint density at radius 3 is 2.11 bits per heavy atom. The molecule has 4 aliphatic carbocycles. The maximum atomic E-state index is 3.74. The standard InChI is InChI=1S/C26H37NP/c1-27(2)26(21-13-6-3-7-14-21)24-19-12-20-25(24)28(22-15-8-4-9-16-22)23-17-10-5-11-18-23/h3,6-7,12-13,20,22-23,26H,4-5,8-11,14-18H2,1-2H3/t26-/m0/s1. The summed E-state index contributed by atoms with van der Waals surface area (Å²) in [4.78, 5) is 2.42. The van der Waals surface area contributed by atoms with Crippen molar-refractivity contribution in [3.63, 3.8) is 0 Å². The van der Waals surface area contributed by atoms with E-state index in [0.29, 0.717) is 6.04 Å². The molecule has 1 atom stereocenters. The van der Waals surface area contributed by atoms with Gasteiger partial charge in [0.25, 0.3) is 0 Å². The molecule has 0 N–H and O–H groups in total. The van der Waals surface area contributed by atoms with Crippen molar-refractivity contribution in [1.82, 2.24) is 4.90 Å². The van der Waals surface area contributed by atoms with Crippen LogP contribution in [-0.4, -0.2) is 36.4 Å². The van der Waals surface area contributed by atoms with Crippen molar-refractivity contribution < 1.29 is 0 Å². The van der Waals surface area contributed by atoms with Crippen molar-refractivity contribution in [1.29, 1.82) is 0 Å². The molecule has 0 unspecified atom stereocenters. The fraction of sp³-hybridized carbons (Fsp3) is 0.615. The van der Waals surface area contributed by atoms with E-state index in [1.165, 1.54) is 75.4 Å². The molecule has 28 heavy (non-hydrogen) atoms. The number of likely N-dealkylation sites (N-methyl/N-ethyl adjacent to an activating group) is 1. The molecule has 0 saturated heterocycles. The lowest BCUT2D eigenvalue weighted by molar-refractivity contribution is 0.365. The molecule has 0 spiro atoms. The van der Waals surface area contributed by atoms with E-state index in [1.807, 2.05) is 0 Å². The number of hydrogen-bond acceptors (Lipinski definition) is 1. The predicted molar refractivity (Wildman–Crippen MR) is 124 cm³/mol. The highest BCUT2D eigenvalue weighted by molar-refractivity contribution is 7.63. The molecule has 0 amide bonds. The molecule has 0 aromatic heterocycles. The van der Waals surface area contributed by atoms with Crippen LogP contribution < -0.4 is 0 Å². The van der Waals surface area contributed by atoms with Crippen LogP contribution in [0, 0.1) is 6.42 Å². The van der Waals surface area contributed by atoms with Gasteiger partial charge in [-0.1, -0.05) is 64.7 Å². The second-order valence-corrected chi connectivity index (χ2v) is 12.0. The minimum Gasteiger partial charge on any atom is -0.298 e. The van der Waals surface area contributed by atoms with Crippen molar-refractivity contribution in [2.24, 2.45) is 0 Å². The lowest BCUT2D eigenvalue weighted by atomic mass is 9.92. The predicted octanol–water partition coefficient (Wildman–Crippen LogP) is 7.13. The van der Waals surface area contributed by atoms with Gasteiger partial charge in [0.15, 0.2) is 0 Å². The van der Waals surface area contributed by atoms with Crippen LogP contribution in [0.4, 0.5) is 0 Å². The molecule has 0 bridgehead atoms. The molecule has 0 aromatic carbocycles. The van der Waals surface area contributed by atoms with Crippen LogP contribution in [0.5, 0.6) is 0 Å². The van der Waals surface area contributed by atoms with Crippen LogP contribution in [0.25, 0.3) is 0 Å². The van der Waals surface area contributed by atoms with E-state index in [2.05, 4.69) is 61.5 Å². The van der Waals surface area contributed by atoms with Crippen molar-refractivity contribution >= 4 is 7.92 Å². The second kappa shape index (κ2) is 9.75. The van der Waals surface area contributed by atoms with Crippen LogP contribution in [0.3, 0.4) is 0 Å². The zero-order chi connectivity index (χ0) is 19.3. The average Bonchev–Trinajstić information content (AvgIpc) is 3.19. The highest BCUT2D eigenvalue weighted by Gasteiger charge is 2.37. The van der Waals surface area contributed by atoms with Gasteiger partial charge in [0.1, 0.15) is 0 Å². The second-order valence-electron chi connectivity index (χ2n) is 9.20. The van der Waals surface area contributed by atoms with Crippen molar-refractivity contribution in [3.05, 3.63) is 59.0 Å². The first-order chi connectivity index (χ1) is 13.8. The van der Waals surface area contributed by atoms with E-state index in [9.17, 15) is 0 Å². The quantitative estimate of drug-likeness (QED) is 0.342. The molecule has 0 aliphatic heterocycles. The Morgan fingerprint density at radius 2 is 1.57 bits per heavy atom. The summed E-state index contributed by atoms with van der Waals surface area (Å²) in [6.45, 7) is 0. The van der Waals surface area contributed by atoms with Crippen molar-refractivity contribution in [2.45, 2.75) is 88.0 Å². The number of allylic oxidation sites excluding steroid dienone is 4. The Kier molecular flexibility index (Phi) is 7.11. The summed E-state index contributed by atoms with van der Waals surface area (Å²) in [6.07, 6.45) is 29.5. The van der Waals surface area contributed by atoms with Crippen LogP contribution in [0.1, 0.15) is 70.6 Å². The highest BCUT2D eigenvalue weighted by Crippen LogP contribution is 2.63. The SMILES string of the molecule is CN(C)[C@H](C1=C=CC=C1P(C1CCCCC1)C1CCCCC1)C1=C[CH]C=CC1. The molecular formula is C26H37NP. The molecule has 4 aliphatic rings. The zero-order valence-electron chi connectivity index (χ0n) is 17.9. The summed E-state index contributed by atoms with van der Waals surface area (Å²) >= 11 is 0. The molecule has 1 nitrogen and oxygen atoms in total. The fourth-order valence-corrected chi connectivity index (χ4v) is 9.67. The van der Waals surface area contributed by atoms with Gasteiger partial charge in [0, 0.05) is 12.0 Å². The molecule has 0 aromatic rings. The monoisotopic (exact) mass is 394 g/mol.